The van der Waals surface area contributed by atoms with Gasteiger partial charge in [0.05, 0.1) is 18.1 Å². The monoisotopic (exact) mass is 270 g/mol. The summed E-state index contributed by atoms with van der Waals surface area (Å²) in [5.41, 5.74) is 5.61. The smallest absolute Gasteiger partial charge is 0.225 e. The zero-order chi connectivity index (χ0) is 13.9. The average molecular weight is 270 g/mol. The van der Waals surface area contributed by atoms with Crippen LogP contribution in [0.4, 0.5) is 0 Å². The van der Waals surface area contributed by atoms with Crippen molar-refractivity contribution >= 4 is 5.91 Å². The van der Waals surface area contributed by atoms with Crippen molar-refractivity contribution in [3.05, 3.63) is 0 Å². The summed E-state index contributed by atoms with van der Waals surface area (Å²) < 4.78 is 10.9. The Kier molecular flexibility index (Phi) is 4.81. The Balaban J connectivity index is 1.94. The molecule has 5 nitrogen and oxygen atoms in total. The topological polar surface area (TPSA) is 64.8 Å². The van der Waals surface area contributed by atoms with Crippen molar-refractivity contribution in [2.24, 2.45) is 5.73 Å². The van der Waals surface area contributed by atoms with Gasteiger partial charge in [-0.15, -0.1) is 0 Å². The minimum absolute atomic E-state index is 0.111. The first-order valence-corrected chi connectivity index (χ1v) is 7.21. The van der Waals surface area contributed by atoms with E-state index in [2.05, 4.69) is 0 Å². The summed E-state index contributed by atoms with van der Waals surface area (Å²) in [6, 6.07) is 0.111. The Bertz CT molecular complexity index is 312. The summed E-state index contributed by atoms with van der Waals surface area (Å²) in [4.78, 5) is 14.4. The molecule has 0 bridgehead atoms. The number of hydrogen-bond acceptors (Lipinski definition) is 4. The normalized spacial score (nSPS) is 29.9. The van der Waals surface area contributed by atoms with Crippen molar-refractivity contribution < 1.29 is 14.3 Å². The summed E-state index contributed by atoms with van der Waals surface area (Å²) in [5.74, 6) is 0.187. The van der Waals surface area contributed by atoms with Gasteiger partial charge < -0.3 is 20.1 Å². The van der Waals surface area contributed by atoms with Crippen LogP contribution in [0.5, 0.6) is 0 Å². The molecule has 2 aliphatic rings. The van der Waals surface area contributed by atoms with E-state index in [4.69, 9.17) is 15.2 Å². The van der Waals surface area contributed by atoms with E-state index >= 15 is 0 Å². The Morgan fingerprint density at radius 2 is 2.16 bits per heavy atom. The van der Waals surface area contributed by atoms with Gasteiger partial charge in [-0.05, 0) is 32.1 Å². The SMILES string of the molecule is COC1CCN(C(=O)CC2(OC)CCC2)C(CN)C1. The lowest BCUT2D eigenvalue weighted by Gasteiger charge is -2.44. The molecule has 110 valence electrons. The third kappa shape index (κ3) is 3.09. The number of nitrogens with zero attached hydrogens (tertiary/aromatic N) is 1. The maximum Gasteiger partial charge on any atom is 0.225 e. The molecule has 5 heteroatoms. The van der Waals surface area contributed by atoms with E-state index < -0.39 is 0 Å². The number of carbonyl (C=O) groups excluding carboxylic acids is 1. The van der Waals surface area contributed by atoms with E-state index in [0.29, 0.717) is 13.0 Å². The minimum atomic E-state index is -0.200. The third-order valence-corrected chi connectivity index (χ3v) is 4.76. The van der Waals surface area contributed by atoms with Crippen molar-refractivity contribution in [1.82, 2.24) is 4.90 Å². The molecule has 2 atom stereocenters. The predicted molar refractivity (Wildman–Crippen MR) is 72.8 cm³/mol. The van der Waals surface area contributed by atoms with Crippen LogP contribution in [0.1, 0.15) is 38.5 Å². The molecule has 0 aromatic rings. The van der Waals surface area contributed by atoms with Crippen LogP contribution >= 0.6 is 0 Å². The van der Waals surface area contributed by atoms with E-state index in [0.717, 1.165) is 38.6 Å². The van der Waals surface area contributed by atoms with Gasteiger partial charge >= 0.3 is 0 Å². The maximum atomic E-state index is 12.5. The van der Waals surface area contributed by atoms with Gasteiger partial charge in [-0.2, -0.15) is 0 Å². The fraction of sp³-hybridized carbons (Fsp3) is 0.929. The molecule has 2 fully saturated rings. The molecular weight excluding hydrogens is 244 g/mol. The standard InChI is InChI=1S/C14H26N2O3/c1-18-12-4-7-16(11(8-12)10-15)13(17)9-14(19-2)5-3-6-14/h11-12H,3-10,15H2,1-2H3. The fourth-order valence-electron chi connectivity index (χ4n) is 3.18. The van der Waals surface area contributed by atoms with Gasteiger partial charge in [-0.25, -0.2) is 0 Å². The van der Waals surface area contributed by atoms with Crippen molar-refractivity contribution in [3.8, 4) is 0 Å². The van der Waals surface area contributed by atoms with Crippen LogP contribution in [0, 0.1) is 0 Å². The molecule has 1 heterocycles. The van der Waals surface area contributed by atoms with Gasteiger partial charge in [0, 0.05) is 33.4 Å². The number of carbonyl (C=O) groups is 1. The van der Waals surface area contributed by atoms with Crippen molar-refractivity contribution in [2.75, 3.05) is 27.3 Å². The van der Waals surface area contributed by atoms with Gasteiger partial charge in [0.2, 0.25) is 5.91 Å². The van der Waals surface area contributed by atoms with Crippen LogP contribution < -0.4 is 5.73 Å². The fourth-order valence-corrected chi connectivity index (χ4v) is 3.18. The molecule has 0 aromatic heterocycles. The number of amides is 1. The van der Waals surface area contributed by atoms with Gasteiger partial charge in [-0.1, -0.05) is 0 Å². The number of hydrogen-bond donors (Lipinski definition) is 1. The molecule has 19 heavy (non-hydrogen) atoms. The molecule has 1 aliphatic carbocycles. The largest absolute Gasteiger partial charge is 0.381 e. The van der Waals surface area contributed by atoms with E-state index in [9.17, 15) is 4.79 Å². The van der Waals surface area contributed by atoms with E-state index in [1.165, 1.54) is 0 Å². The first-order valence-electron chi connectivity index (χ1n) is 7.21. The number of ether oxygens (including phenoxy) is 2. The lowest BCUT2D eigenvalue weighted by atomic mass is 9.77. The number of piperidine rings is 1. The zero-order valence-electron chi connectivity index (χ0n) is 12.1. The second-order valence-corrected chi connectivity index (χ2v) is 5.78. The molecule has 2 N–H and O–H groups in total. The third-order valence-electron chi connectivity index (χ3n) is 4.76. The lowest BCUT2D eigenvalue weighted by molar-refractivity contribution is -0.149. The molecule has 0 aromatic carbocycles. The van der Waals surface area contributed by atoms with Crippen LogP contribution in [-0.4, -0.2) is 55.9 Å². The van der Waals surface area contributed by atoms with Crippen LogP contribution in [0.2, 0.25) is 0 Å². The molecule has 1 amide bonds. The summed E-state index contributed by atoms with van der Waals surface area (Å²) in [6.07, 6.45) is 5.63. The molecule has 2 unspecified atom stereocenters. The molecular formula is C14H26N2O3. The van der Waals surface area contributed by atoms with Crippen LogP contribution in [0.25, 0.3) is 0 Å². The number of rotatable bonds is 5. The molecule has 0 radical (unpaired) electrons. The highest BCUT2D eigenvalue weighted by Crippen LogP contribution is 2.38. The van der Waals surface area contributed by atoms with E-state index in [1.807, 2.05) is 4.90 Å². The van der Waals surface area contributed by atoms with Gasteiger partial charge in [-0.3, -0.25) is 4.79 Å². The summed E-state index contributed by atoms with van der Waals surface area (Å²) in [7, 11) is 3.44. The molecule has 2 rings (SSSR count). The zero-order valence-corrected chi connectivity index (χ0v) is 12.1. The summed E-state index contributed by atoms with van der Waals surface area (Å²) in [6.45, 7) is 1.25. The van der Waals surface area contributed by atoms with Crippen LogP contribution in [0.3, 0.4) is 0 Å². The van der Waals surface area contributed by atoms with E-state index in [-0.39, 0.29) is 23.7 Å². The molecule has 0 spiro atoms. The van der Waals surface area contributed by atoms with Gasteiger partial charge in [0.15, 0.2) is 0 Å². The maximum absolute atomic E-state index is 12.5. The molecule has 1 aliphatic heterocycles. The average Bonchev–Trinajstić information content (AvgIpc) is 2.41. The second kappa shape index (κ2) is 6.20. The highest BCUT2D eigenvalue weighted by atomic mass is 16.5. The highest BCUT2D eigenvalue weighted by Gasteiger charge is 2.41. The highest BCUT2D eigenvalue weighted by molar-refractivity contribution is 5.78. The van der Waals surface area contributed by atoms with Gasteiger partial charge in [0.25, 0.3) is 0 Å². The van der Waals surface area contributed by atoms with Crippen LogP contribution in [0.15, 0.2) is 0 Å². The van der Waals surface area contributed by atoms with Crippen molar-refractivity contribution in [2.45, 2.75) is 56.3 Å². The van der Waals surface area contributed by atoms with Crippen molar-refractivity contribution in [1.29, 1.82) is 0 Å². The van der Waals surface area contributed by atoms with Crippen LogP contribution in [-0.2, 0) is 14.3 Å². The number of methoxy groups -OCH3 is 2. The summed E-state index contributed by atoms with van der Waals surface area (Å²) in [5, 5.41) is 0. The first kappa shape index (κ1) is 14.8. The minimum Gasteiger partial charge on any atom is -0.381 e. The van der Waals surface area contributed by atoms with E-state index in [1.54, 1.807) is 14.2 Å². The predicted octanol–water partition coefficient (Wildman–Crippen LogP) is 0.910. The quantitative estimate of drug-likeness (QED) is 0.806. The van der Waals surface area contributed by atoms with Gasteiger partial charge in [0.1, 0.15) is 0 Å². The number of nitrogens with two attached hydrogens (primary N) is 1. The number of likely N-dealkylation sites (tertiary alicyclic amines) is 1. The Morgan fingerprint density at radius 1 is 1.42 bits per heavy atom. The molecule has 1 saturated carbocycles. The molecule has 1 saturated heterocycles. The van der Waals surface area contributed by atoms with Crippen molar-refractivity contribution in [3.63, 3.8) is 0 Å². The first-order chi connectivity index (χ1) is 9.14. The Morgan fingerprint density at radius 3 is 2.63 bits per heavy atom. The lowest BCUT2D eigenvalue weighted by Crippen LogP contribution is -2.53. The Hall–Kier alpha value is -0.650. The summed E-state index contributed by atoms with van der Waals surface area (Å²) >= 11 is 0. The second-order valence-electron chi connectivity index (χ2n) is 5.78. The Labute approximate surface area is 115 Å².